The topological polar surface area (TPSA) is 65.5 Å². The molecule has 5 nitrogen and oxygen atoms in total. The van der Waals surface area contributed by atoms with Crippen LogP contribution in [0.4, 0.5) is 5.82 Å². The third-order valence-electron chi connectivity index (χ3n) is 4.09. The first-order valence-corrected chi connectivity index (χ1v) is 8.87. The Hall–Kier alpha value is -2.89. The summed E-state index contributed by atoms with van der Waals surface area (Å²) in [7, 11) is 2.02. The highest BCUT2D eigenvalue weighted by atomic mass is 35.5. The highest BCUT2D eigenvalue weighted by Gasteiger charge is 2.10. The molecule has 1 aromatic heterocycles. The minimum absolute atomic E-state index is 0.0660. The maximum absolute atomic E-state index is 12.3. The van der Waals surface area contributed by atoms with E-state index in [-0.39, 0.29) is 17.5 Å². The summed E-state index contributed by atoms with van der Waals surface area (Å²) in [6, 6.07) is 18.2. The minimum Gasteiger partial charge on any atom is -0.504 e. The summed E-state index contributed by atoms with van der Waals surface area (Å²) >= 11 is 6.21. The van der Waals surface area contributed by atoms with E-state index in [0.29, 0.717) is 5.56 Å². The lowest BCUT2D eigenvalue weighted by Crippen LogP contribution is -2.18. The van der Waals surface area contributed by atoms with Gasteiger partial charge < -0.3 is 10.4 Å². The molecule has 3 aromatic rings. The summed E-state index contributed by atoms with van der Waals surface area (Å²) in [6.45, 7) is 1.47. The molecule has 0 radical (unpaired) electrons. The molecule has 1 heterocycles. The van der Waals surface area contributed by atoms with Gasteiger partial charge in [-0.2, -0.15) is 0 Å². The number of nitrogens with one attached hydrogen (secondary N) is 1. The van der Waals surface area contributed by atoms with E-state index in [0.717, 1.165) is 29.2 Å². The van der Waals surface area contributed by atoms with Crippen LogP contribution in [0.1, 0.15) is 21.5 Å². The zero-order valence-corrected chi connectivity index (χ0v) is 15.6. The van der Waals surface area contributed by atoms with Gasteiger partial charge >= 0.3 is 0 Å². The fourth-order valence-electron chi connectivity index (χ4n) is 2.72. The van der Waals surface area contributed by atoms with Crippen LogP contribution in [0.5, 0.6) is 5.75 Å². The molecule has 6 heteroatoms. The Morgan fingerprint density at radius 1 is 1.07 bits per heavy atom. The van der Waals surface area contributed by atoms with E-state index in [1.807, 2.05) is 43.4 Å². The number of pyridine rings is 1. The normalized spacial score (nSPS) is 10.8. The Labute approximate surface area is 163 Å². The molecule has 0 aliphatic heterocycles. The largest absolute Gasteiger partial charge is 0.504 e. The standard InChI is InChI=1S/C21H20ClN3O2/c1-25(14-17-5-2-3-6-18(17)22)13-15-8-10-16(11-9-15)21(27)24-20-19(26)7-4-12-23-20/h2-12,26H,13-14H2,1H3,(H,23,24,27). The molecule has 0 atom stereocenters. The van der Waals surface area contributed by atoms with Crippen molar-refractivity contribution in [3.8, 4) is 5.75 Å². The number of hydrogen-bond donors (Lipinski definition) is 2. The molecular weight excluding hydrogens is 362 g/mol. The smallest absolute Gasteiger partial charge is 0.256 e. The lowest BCUT2D eigenvalue weighted by molar-refractivity contribution is 0.102. The highest BCUT2D eigenvalue weighted by Crippen LogP contribution is 2.20. The van der Waals surface area contributed by atoms with E-state index >= 15 is 0 Å². The van der Waals surface area contributed by atoms with E-state index in [9.17, 15) is 9.90 Å². The molecule has 0 spiro atoms. The van der Waals surface area contributed by atoms with Gasteiger partial charge in [0.15, 0.2) is 11.6 Å². The third kappa shape index (κ3) is 5.06. The summed E-state index contributed by atoms with van der Waals surface area (Å²) in [5.41, 5.74) is 2.66. The lowest BCUT2D eigenvalue weighted by atomic mass is 10.1. The molecule has 0 aliphatic carbocycles. The van der Waals surface area contributed by atoms with Gasteiger partial charge in [0.1, 0.15) is 0 Å². The number of aromatic nitrogens is 1. The minimum atomic E-state index is -0.319. The number of nitrogens with zero attached hydrogens (tertiary/aromatic N) is 2. The molecule has 0 saturated heterocycles. The molecule has 1 amide bonds. The Bertz CT molecular complexity index is 929. The van der Waals surface area contributed by atoms with Gasteiger partial charge in [0.05, 0.1) is 0 Å². The number of hydrogen-bond acceptors (Lipinski definition) is 4. The Balaban J connectivity index is 1.60. The monoisotopic (exact) mass is 381 g/mol. The Morgan fingerprint density at radius 3 is 2.52 bits per heavy atom. The fourth-order valence-corrected chi connectivity index (χ4v) is 2.91. The van der Waals surface area contributed by atoms with Crippen molar-refractivity contribution in [1.82, 2.24) is 9.88 Å². The maximum Gasteiger partial charge on any atom is 0.256 e. The predicted octanol–water partition coefficient (Wildman–Crippen LogP) is 4.32. The first kappa shape index (κ1) is 18.9. The number of carbonyl (C=O) groups is 1. The van der Waals surface area contributed by atoms with Crippen molar-refractivity contribution in [2.45, 2.75) is 13.1 Å². The van der Waals surface area contributed by atoms with Gasteiger partial charge in [-0.1, -0.05) is 41.9 Å². The SMILES string of the molecule is CN(Cc1ccc(C(=O)Nc2ncccc2O)cc1)Cc1ccccc1Cl. The second kappa shape index (κ2) is 8.66. The number of aromatic hydroxyl groups is 1. The van der Waals surface area contributed by atoms with Crippen molar-refractivity contribution in [2.24, 2.45) is 0 Å². The predicted molar refractivity (Wildman–Crippen MR) is 107 cm³/mol. The van der Waals surface area contributed by atoms with Crippen LogP contribution in [0.2, 0.25) is 5.02 Å². The second-order valence-electron chi connectivity index (χ2n) is 6.29. The van der Waals surface area contributed by atoms with Gasteiger partial charge in [0.2, 0.25) is 0 Å². The van der Waals surface area contributed by atoms with Gasteiger partial charge in [0, 0.05) is 29.9 Å². The quantitative estimate of drug-likeness (QED) is 0.667. The Morgan fingerprint density at radius 2 is 1.81 bits per heavy atom. The molecule has 0 fully saturated rings. The van der Waals surface area contributed by atoms with Crippen LogP contribution in [0.15, 0.2) is 66.9 Å². The van der Waals surface area contributed by atoms with Gasteiger partial charge in [-0.15, -0.1) is 0 Å². The first-order valence-electron chi connectivity index (χ1n) is 8.49. The van der Waals surface area contributed by atoms with E-state index in [2.05, 4.69) is 15.2 Å². The second-order valence-corrected chi connectivity index (χ2v) is 6.69. The van der Waals surface area contributed by atoms with Gasteiger partial charge in [-0.3, -0.25) is 9.69 Å². The number of halogens is 1. The molecule has 27 heavy (non-hydrogen) atoms. The summed E-state index contributed by atoms with van der Waals surface area (Å²) < 4.78 is 0. The highest BCUT2D eigenvalue weighted by molar-refractivity contribution is 6.31. The fraction of sp³-hybridized carbons (Fsp3) is 0.143. The van der Waals surface area contributed by atoms with Crippen molar-refractivity contribution in [1.29, 1.82) is 0 Å². The van der Waals surface area contributed by atoms with E-state index in [1.54, 1.807) is 18.2 Å². The van der Waals surface area contributed by atoms with Crippen molar-refractivity contribution in [3.63, 3.8) is 0 Å². The number of rotatable bonds is 6. The van der Waals surface area contributed by atoms with Crippen LogP contribution < -0.4 is 5.32 Å². The first-order chi connectivity index (χ1) is 13.0. The summed E-state index contributed by atoms with van der Waals surface area (Å²) in [4.78, 5) is 18.4. The number of anilines is 1. The molecule has 0 unspecified atom stereocenters. The zero-order chi connectivity index (χ0) is 19.2. The number of amides is 1. The molecule has 3 rings (SSSR count). The van der Waals surface area contributed by atoms with Crippen LogP contribution >= 0.6 is 11.6 Å². The van der Waals surface area contributed by atoms with Crippen LogP contribution in [-0.4, -0.2) is 27.9 Å². The third-order valence-corrected chi connectivity index (χ3v) is 4.45. The van der Waals surface area contributed by atoms with Gasteiger partial charge in [0.25, 0.3) is 5.91 Å². The van der Waals surface area contributed by atoms with E-state index < -0.39 is 0 Å². The van der Waals surface area contributed by atoms with Crippen molar-refractivity contribution in [3.05, 3.63) is 88.6 Å². The van der Waals surface area contributed by atoms with E-state index in [1.165, 1.54) is 12.3 Å². The maximum atomic E-state index is 12.3. The molecule has 2 N–H and O–H groups in total. The number of benzene rings is 2. The zero-order valence-electron chi connectivity index (χ0n) is 14.9. The van der Waals surface area contributed by atoms with Crippen molar-refractivity contribution >= 4 is 23.3 Å². The molecule has 138 valence electrons. The average Bonchev–Trinajstić information content (AvgIpc) is 2.66. The lowest BCUT2D eigenvalue weighted by Gasteiger charge is -2.17. The average molecular weight is 382 g/mol. The molecule has 2 aromatic carbocycles. The van der Waals surface area contributed by atoms with Crippen molar-refractivity contribution in [2.75, 3.05) is 12.4 Å². The van der Waals surface area contributed by atoms with Crippen molar-refractivity contribution < 1.29 is 9.90 Å². The number of carbonyl (C=O) groups excluding carboxylic acids is 1. The molecule has 0 aliphatic rings. The molecule has 0 bridgehead atoms. The molecular formula is C21H20ClN3O2. The van der Waals surface area contributed by atoms with Crippen LogP contribution in [0, 0.1) is 0 Å². The van der Waals surface area contributed by atoms with Gasteiger partial charge in [-0.05, 0) is 48.5 Å². The summed E-state index contributed by atoms with van der Waals surface area (Å²) in [5, 5.41) is 13.1. The molecule has 0 saturated carbocycles. The summed E-state index contributed by atoms with van der Waals surface area (Å²) in [5.74, 6) is -0.241. The van der Waals surface area contributed by atoms with E-state index in [4.69, 9.17) is 11.6 Å². The Kier molecular flexibility index (Phi) is 6.06. The summed E-state index contributed by atoms with van der Waals surface area (Å²) in [6.07, 6.45) is 1.51. The van der Waals surface area contributed by atoms with Crippen LogP contribution in [-0.2, 0) is 13.1 Å². The van der Waals surface area contributed by atoms with Crippen LogP contribution in [0.3, 0.4) is 0 Å². The van der Waals surface area contributed by atoms with Crippen LogP contribution in [0.25, 0.3) is 0 Å². The van der Waals surface area contributed by atoms with Gasteiger partial charge in [-0.25, -0.2) is 4.98 Å².